The van der Waals surface area contributed by atoms with Crippen LogP contribution >= 0.6 is 0 Å². The topological polar surface area (TPSA) is 93.1 Å². The van der Waals surface area contributed by atoms with Crippen LogP contribution in [0.1, 0.15) is 33.6 Å². The number of carbonyl (C=O) groups excluding carboxylic acids is 2. The van der Waals surface area contributed by atoms with Crippen molar-refractivity contribution in [3.8, 4) is 0 Å². The summed E-state index contributed by atoms with van der Waals surface area (Å²) >= 11 is 0. The molecule has 0 aromatic rings. The van der Waals surface area contributed by atoms with Crippen molar-refractivity contribution in [3.63, 3.8) is 0 Å². The van der Waals surface area contributed by atoms with Crippen LogP contribution in [0.5, 0.6) is 0 Å². The Morgan fingerprint density at radius 2 is 1.47 bits per heavy atom. The molecule has 0 radical (unpaired) electrons. The van der Waals surface area contributed by atoms with E-state index in [0.29, 0.717) is 0 Å². The second kappa shape index (κ2) is 7.24. The van der Waals surface area contributed by atoms with Crippen molar-refractivity contribution in [2.24, 2.45) is 5.41 Å². The molecule has 0 aliphatic rings. The minimum atomic E-state index is -1.77. The highest BCUT2D eigenvalue weighted by molar-refractivity contribution is 6.00. The van der Waals surface area contributed by atoms with E-state index in [0.717, 1.165) is 0 Å². The molecule has 0 aliphatic heterocycles. The smallest absolute Gasteiger partial charge is 0.323 e. The molecular formula is C11H20O6. The summed E-state index contributed by atoms with van der Waals surface area (Å²) in [6, 6.07) is 0. The first kappa shape index (κ1) is 15.9. The van der Waals surface area contributed by atoms with E-state index in [4.69, 9.17) is 19.7 Å². The van der Waals surface area contributed by atoms with Crippen LogP contribution in [0, 0.1) is 5.41 Å². The fourth-order valence-electron chi connectivity index (χ4n) is 1.53. The molecule has 6 heteroatoms. The Bertz CT molecular complexity index is 243. The monoisotopic (exact) mass is 248 g/mol. The van der Waals surface area contributed by atoms with Gasteiger partial charge in [0.05, 0.1) is 13.2 Å². The van der Waals surface area contributed by atoms with Gasteiger partial charge in [0.25, 0.3) is 0 Å². The van der Waals surface area contributed by atoms with Crippen molar-refractivity contribution in [2.75, 3.05) is 13.2 Å². The molecule has 0 atom stereocenters. The number of aliphatic hydroxyl groups is 2. The average Bonchev–Trinajstić information content (AvgIpc) is 2.26. The van der Waals surface area contributed by atoms with E-state index in [1.807, 2.05) is 0 Å². The quantitative estimate of drug-likeness (QED) is 0.380. The van der Waals surface area contributed by atoms with E-state index >= 15 is 0 Å². The Morgan fingerprint density at radius 3 is 1.71 bits per heavy atom. The normalized spacial score (nSPS) is 11.4. The lowest BCUT2D eigenvalue weighted by Gasteiger charge is -2.28. The molecule has 2 N–H and O–H groups in total. The summed E-state index contributed by atoms with van der Waals surface area (Å²) in [6.45, 7) is 5.04. The van der Waals surface area contributed by atoms with Crippen molar-refractivity contribution in [1.29, 1.82) is 0 Å². The third-order valence-electron chi connectivity index (χ3n) is 2.47. The Labute approximate surface area is 101 Å². The largest absolute Gasteiger partial charge is 0.465 e. The number of aliphatic hydroxyl groups excluding tert-OH is 1. The van der Waals surface area contributed by atoms with Gasteiger partial charge in [-0.3, -0.25) is 9.59 Å². The molecule has 6 nitrogen and oxygen atoms in total. The maximum atomic E-state index is 11.8. The van der Waals surface area contributed by atoms with E-state index in [1.54, 1.807) is 20.8 Å². The van der Waals surface area contributed by atoms with Crippen molar-refractivity contribution >= 4 is 11.9 Å². The maximum absolute atomic E-state index is 11.8. The van der Waals surface area contributed by atoms with Crippen LogP contribution in [0.4, 0.5) is 0 Å². The summed E-state index contributed by atoms with van der Waals surface area (Å²) in [5, 5.41) is 18.0. The van der Waals surface area contributed by atoms with E-state index in [-0.39, 0.29) is 19.6 Å². The van der Waals surface area contributed by atoms with Gasteiger partial charge in [-0.2, -0.15) is 0 Å². The molecule has 100 valence electrons. The summed E-state index contributed by atoms with van der Waals surface area (Å²) in [5.41, 5.74) is -1.64. The molecule has 0 spiro atoms. The Kier molecular flexibility index (Phi) is 6.75. The van der Waals surface area contributed by atoms with Crippen LogP contribution in [0.15, 0.2) is 0 Å². The summed E-state index contributed by atoms with van der Waals surface area (Å²) in [7, 11) is 0. The second-order valence-electron chi connectivity index (χ2n) is 3.56. The number of ether oxygens (including phenoxy) is 2. The highest BCUT2D eigenvalue weighted by Crippen LogP contribution is 2.31. The molecule has 0 aromatic heterocycles. The van der Waals surface area contributed by atoms with Gasteiger partial charge in [-0.25, -0.2) is 0 Å². The summed E-state index contributed by atoms with van der Waals surface area (Å²) in [6.07, 6.45) is -2.12. The van der Waals surface area contributed by atoms with Gasteiger partial charge in [-0.1, -0.05) is 6.92 Å². The lowest BCUT2D eigenvalue weighted by Crippen LogP contribution is -2.44. The third kappa shape index (κ3) is 3.98. The average molecular weight is 248 g/mol. The first-order valence-electron chi connectivity index (χ1n) is 5.65. The van der Waals surface area contributed by atoms with Crippen LogP contribution in [-0.4, -0.2) is 41.7 Å². The molecule has 0 aliphatic carbocycles. The summed E-state index contributed by atoms with van der Waals surface area (Å²) < 4.78 is 9.61. The van der Waals surface area contributed by atoms with Crippen LogP contribution in [0.2, 0.25) is 0 Å². The lowest BCUT2D eigenvalue weighted by molar-refractivity contribution is -0.180. The van der Waals surface area contributed by atoms with Crippen molar-refractivity contribution in [2.45, 2.75) is 39.9 Å². The Hall–Kier alpha value is -1.14. The number of rotatable bonds is 7. The molecule has 0 saturated heterocycles. The molecule has 0 aromatic carbocycles. The summed E-state index contributed by atoms with van der Waals surface area (Å²) in [5.74, 6) is -1.57. The second-order valence-corrected chi connectivity index (χ2v) is 3.56. The maximum Gasteiger partial charge on any atom is 0.323 e. The third-order valence-corrected chi connectivity index (χ3v) is 2.47. The van der Waals surface area contributed by atoms with Crippen LogP contribution in [0.25, 0.3) is 0 Å². The first-order valence-corrected chi connectivity index (χ1v) is 5.65. The van der Waals surface area contributed by atoms with Gasteiger partial charge in [0.2, 0.25) is 0 Å². The van der Waals surface area contributed by atoms with E-state index in [9.17, 15) is 9.59 Å². The number of hydrogen-bond donors (Lipinski definition) is 2. The highest BCUT2D eigenvalue weighted by Gasteiger charge is 2.48. The first-order chi connectivity index (χ1) is 7.94. The standard InChI is InChI=1S/C11H20O6/c1-4-11(7-8(12)13,9(14)16-5-2)10(15)17-6-3/h8,12-13H,4-7H2,1-3H3. The fourth-order valence-corrected chi connectivity index (χ4v) is 1.53. The summed E-state index contributed by atoms with van der Waals surface area (Å²) in [4.78, 5) is 23.6. The molecule has 0 unspecified atom stereocenters. The van der Waals surface area contributed by atoms with Crippen molar-refractivity contribution < 1.29 is 29.3 Å². The van der Waals surface area contributed by atoms with Crippen molar-refractivity contribution in [3.05, 3.63) is 0 Å². The molecule has 0 saturated carbocycles. The van der Waals surface area contributed by atoms with E-state index < -0.39 is 30.1 Å². The van der Waals surface area contributed by atoms with Gasteiger partial charge in [-0.05, 0) is 20.3 Å². The molecule has 0 rings (SSSR count). The van der Waals surface area contributed by atoms with Gasteiger partial charge >= 0.3 is 11.9 Å². The zero-order valence-electron chi connectivity index (χ0n) is 10.4. The van der Waals surface area contributed by atoms with Crippen LogP contribution < -0.4 is 0 Å². The Balaban J connectivity index is 5.12. The van der Waals surface area contributed by atoms with Gasteiger partial charge in [0.1, 0.15) is 0 Å². The van der Waals surface area contributed by atoms with Crippen LogP contribution in [0.3, 0.4) is 0 Å². The predicted octanol–water partition coefficient (Wildman–Crippen LogP) is 0.210. The molecule has 17 heavy (non-hydrogen) atoms. The van der Waals surface area contributed by atoms with Gasteiger partial charge < -0.3 is 19.7 Å². The number of esters is 2. The van der Waals surface area contributed by atoms with Crippen LogP contribution in [-0.2, 0) is 19.1 Å². The minimum Gasteiger partial charge on any atom is -0.465 e. The zero-order valence-corrected chi connectivity index (χ0v) is 10.4. The Morgan fingerprint density at radius 1 is 1.06 bits per heavy atom. The predicted molar refractivity (Wildman–Crippen MR) is 58.8 cm³/mol. The van der Waals surface area contributed by atoms with Gasteiger partial charge in [-0.15, -0.1) is 0 Å². The molecule has 0 amide bonds. The molecule has 0 bridgehead atoms. The number of carbonyl (C=O) groups is 2. The lowest BCUT2D eigenvalue weighted by atomic mass is 9.81. The molecule has 0 heterocycles. The van der Waals surface area contributed by atoms with E-state index in [2.05, 4.69) is 0 Å². The highest BCUT2D eigenvalue weighted by atomic mass is 16.6. The van der Waals surface area contributed by atoms with E-state index in [1.165, 1.54) is 0 Å². The number of hydrogen-bond acceptors (Lipinski definition) is 6. The minimum absolute atomic E-state index is 0.0856. The SMILES string of the molecule is CCOC(=O)C(CC)(CC(O)O)C(=O)OCC. The fraction of sp³-hybridized carbons (Fsp3) is 0.818. The molecular weight excluding hydrogens is 228 g/mol. The molecule has 0 fully saturated rings. The zero-order chi connectivity index (χ0) is 13.5. The van der Waals surface area contributed by atoms with Crippen molar-refractivity contribution in [1.82, 2.24) is 0 Å². The van der Waals surface area contributed by atoms with Gasteiger partial charge in [0.15, 0.2) is 11.7 Å². The van der Waals surface area contributed by atoms with Gasteiger partial charge in [0, 0.05) is 6.42 Å².